The first-order chi connectivity index (χ1) is 8.58. The third-order valence-corrected chi connectivity index (χ3v) is 4.82. The van der Waals surface area contributed by atoms with Crippen LogP contribution in [0.25, 0.3) is 0 Å². The number of hydrogen-bond donors (Lipinski definition) is 1. The molecular weight excluding hydrogens is 242 g/mol. The maximum absolute atomic E-state index is 6.27. The van der Waals surface area contributed by atoms with E-state index in [9.17, 15) is 0 Å². The lowest BCUT2D eigenvalue weighted by atomic mass is 9.78. The molecule has 0 radical (unpaired) electrons. The van der Waals surface area contributed by atoms with Crippen LogP contribution in [0.15, 0.2) is 18.2 Å². The van der Waals surface area contributed by atoms with Crippen LogP contribution in [-0.4, -0.2) is 6.04 Å². The first-order valence-corrected chi connectivity index (χ1v) is 7.44. The molecule has 1 nitrogen and oxygen atoms in total. The lowest BCUT2D eigenvalue weighted by Gasteiger charge is -2.34. The highest BCUT2D eigenvalue weighted by Crippen LogP contribution is 2.30. The molecule has 18 heavy (non-hydrogen) atoms. The van der Waals surface area contributed by atoms with E-state index in [0.29, 0.717) is 6.04 Å². The summed E-state index contributed by atoms with van der Waals surface area (Å²) in [5, 5.41) is 4.58. The number of rotatable bonds is 3. The van der Waals surface area contributed by atoms with Gasteiger partial charge in [0, 0.05) is 17.6 Å². The van der Waals surface area contributed by atoms with Gasteiger partial charge in [-0.2, -0.15) is 0 Å². The van der Waals surface area contributed by atoms with Gasteiger partial charge in [-0.25, -0.2) is 0 Å². The molecule has 2 rings (SSSR count). The second-order valence-electron chi connectivity index (χ2n) is 5.85. The molecule has 100 valence electrons. The van der Waals surface area contributed by atoms with Gasteiger partial charge in [0.25, 0.3) is 0 Å². The summed E-state index contributed by atoms with van der Waals surface area (Å²) in [6, 6.07) is 6.97. The van der Waals surface area contributed by atoms with Crippen molar-refractivity contribution in [2.45, 2.75) is 52.6 Å². The largest absolute Gasteiger partial charge is 0.310 e. The van der Waals surface area contributed by atoms with Gasteiger partial charge in [-0.1, -0.05) is 50.4 Å². The Kier molecular flexibility index (Phi) is 4.69. The lowest BCUT2D eigenvalue weighted by molar-refractivity contribution is 0.206. The van der Waals surface area contributed by atoms with E-state index in [-0.39, 0.29) is 0 Å². The Bertz CT molecular complexity index is 402. The number of nitrogens with one attached hydrogen (secondary N) is 1. The van der Waals surface area contributed by atoms with Gasteiger partial charge in [-0.05, 0) is 42.4 Å². The SMILES string of the molecule is Cc1ccc(CNC2CCCC(C)C2C)c(Cl)c1. The van der Waals surface area contributed by atoms with Crippen molar-refractivity contribution in [1.82, 2.24) is 5.32 Å². The summed E-state index contributed by atoms with van der Waals surface area (Å²) in [5.41, 5.74) is 2.44. The van der Waals surface area contributed by atoms with E-state index in [0.717, 1.165) is 23.4 Å². The predicted molar refractivity (Wildman–Crippen MR) is 79.0 cm³/mol. The molecule has 1 saturated carbocycles. The average molecular weight is 266 g/mol. The van der Waals surface area contributed by atoms with E-state index in [2.05, 4.69) is 38.2 Å². The molecule has 1 aromatic carbocycles. The van der Waals surface area contributed by atoms with Gasteiger partial charge in [0.05, 0.1) is 0 Å². The van der Waals surface area contributed by atoms with E-state index in [4.69, 9.17) is 11.6 Å². The molecule has 2 heteroatoms. The van der Waals surface area contributed by atoms with Gasteiger partial charge in [-0.3, -0.25) is 0 Å². The smallest absolute Gasteiger partial charge is 0.0453 e. The monoisotopic (exact) mass is 265 g/mol. The zero-order valence-electron chi connectivity index (χ0n) is 11.7. The molecule has 0 bridgehead atoms. The minimum atomic E-state index is 0.645. The number of halogens is 1. The first-order valence-electron chi connectivity index (χ1n) is 7.06. The normalized spacial score (nSPS) is 28.3. The van der Waals surface area contributed by atoms with Gasteiger partial charge in [0.15, 0.2) is 0 Å². The third-order valence-electron chi connectivity index (χ3n) is 4.47. The molecule has 1 N–H and O–H groups in total. The van der Waals surface area contributed by atoms with E-state index < -0.39 is 0 Å². The van der Waals surface area contributed by atoms with Crippen LogP contribution >= 0.6 is 11.6 Å². The standard InChI is InChI=1S/C16H24ClN/c1-11-7-8-14(15(17)9-11)10-18-16-6-4-5-12(2)13(16)3/h7-9,12-13,16,18H,4-6,10H2,1-3H3. The van der Waals surface area contributed by atoms with Gasteiger partial charge in [-0.15, -0.1) is 0 Å². The van der Waals surface area contributed by atoms with Crippen LogP contribution in [0.3, 0.4) is 0 Å². The summed E-state index contributed by atoms with van der Waals surface area (Å²) in [6.07, 6.45) is 4.03. The van der Waals surface area contributed by atoms with Crippen molar-refractivity contribution < 1.29 is 0 Å². The van der Waals surface area contributed by atoms with Crippen molar-refractivity contribution in [2.75, 3.05) is 0 Å². The quantitative estimate of drug-likeness (QED) is 0.845. The Hall–Kier alpha value is -0.530. The maximum Gasteiger partial charge on any atom is 0.0453 e. The Morgan fingerprint density at radius 3 is 2.78 bits per heavy atom. The van der Waals surface area contributed by atoms with Gasteiger partial charge in [0.2, 0.25) is 0 Å². The average Bonchev–Trinajstić information content (AvgIpc) is 2.33. The molecule has 0 heterocycles. The van der Waals surface area contributed by atoms with Crippen molar-refractivity contribution in [1.29, 1.82) is 0 Å². The molecule has 1 aliphatic rings. The summed E-state index contributed by atoms with van der Waals surface area (Å²) >= 11 is 6.27. The molecule has 3 unspecified atom stereocenters. The minimum Gasteiger partial charge on any atom is -0.310 e. The highest BCUT2D eigenvalue weighted by atomic mass is 35.5. The summed E-state index contributed by atoms with van der Waals surface area (Å²) in [4.78, 5) is 0. The van der Waals surface area contributed by atoms with Gasteiger partial charge >= 0.3 is 0 Å². The van der Waals surface area contributed by atoms with Crippen molar-refractivity contribution >= 4 is 11.6 Å². The fraction of sp³-hybridized carbons (Fsp3) is 0.625. The molecule has 1 fully saturated rings. The van der Waals surface area contributed by atoms with E-state index in [1.54, 1.807) is 0 Å². The zero-order chi connectivity index (χ0) is 13.1. The topological polar surface area (TPSA) is 12.0 Å². The molecule has 3 atom stereocenters. The highest BCUT2D eigenvalue weighted by molar-refractivity contribution is 6.31. The molecule has 1 aromatic rings. The van der Waals surface area contributed by atoms with Crippen molar-refractivity contribution in [3.8, 4) is 0 Å². The molecule has 0 aliphatic heterocycles. The number of aryl methyl sites for hydroxylation is 1. The van der Waals surface area contributed by atoms with Crippen LogP contribution in [0.2, 0.25) is 5.02 Å². The van der Waals surface area contributed by atoms with Crippen LogP contribution in [0.5, 0.6) is 0 Å². The fourth-order valence-electron chi connectivity index (χ4n) is 2.91. The highest BCUT2D eigenvalue weighted by Gasteiger charge is 2.26. The third kappa shape index (κ3) is 3.27. The van der Waals surface area contributed by atoms with Crippen LogP contribution in [0, 0.1) is 18.8 Å². The zero-order valence-corrected chi connectivity index (χ0v) is 12.4. The van der Waals surface area contributed by atoms with Crippen molar-refractivity contribution in [3.05, 3.63) is 34.3 Å². The summed E-state index contributed by atoms with van der Waals surface area (Å²) in [6.45, 7) is 7.71. The molecular formula is C16H24ClN. The maximum atomic E-state index is 6.27. The Morgan fingerprint density at radius 2 is 2.06 bits per heavy atom. The van der Waals surface area contributed by atoms with E-state index >= 15 is 0 Å². The van der Waals surface area contributed by atoms with Gasteiger partial charge < -0.3 is 5.32 Å². The summed E-state index contributed by atoms with van der Waals surface area (Å²) in [7, 11) is 0. The fourth-order valence-corrected chi connectivity index (χ4v) is 3.21. The number of hydrogen-bond acceptors (Lipinski definition) is 1. The Labute approximate surface area is 116 Å². The predicted octanol–water partition coefficient (Wildman–Crippen LogP) is 4.56. The van der Waals surface area contributed by atoms with Crippen LogP contribution in [-0.2, 0) is 6.54 Å². The van der Waals surface area contributed by atoms with Crippen LogP contribution < -0.4 is 5.32 Å². The molecule has 0 spiro atoms. The Morgan fingerprint density at radius 1 is 1.28 bits per heavy atom. The molecule has 0 saturated heterocycles. The van der Waals surface area contributed by atoms with Crippen LogP contribution in [0.1, 0.15) is 44.2 Å². The van der Waals surface area contributed by atoms with E-state index in [1.807, 2.05) is 6.07 Å². The minimum absolute atomic E-state index is 0.645. The van der Waals surface area contributed by atoms with Crippen molar-refractivity contribution in [2.24, 2.45) is 11.8 Å². The lowest BCUT2D eigenvalue weighted by Crippen LogP contribution is -2.40. The van der Waals surface area contributed by atoms with Crippen LogP contribution in [0.4, 0.5) is 0 Å². The molecule has 0 aromatic heterocycles. The summed E-state index contributed by atoms with van der Waals surface area (Å²) < 4.78 is 0. The first kappa shape index (κ1) is 13.9. The van der Waals surface area contributed by atoms with Gasteiger partial charge in [0.1, 0.15) is 0 Å². The second kappa shape index (κ2) is 6.08. The number of benzene rings is 1. The van der Waals surface area contributed by atoms with Crippen molar-refractivity contribution in [3.63, 3.8) is 0 Å². The Balaban J connectivity index is 1.94. The molecule has 1 aliphatic carbocycles. The summed E-state index contributed by atoms with van der Waals surface area (Å²) in [5.74, 6) is 1.60. The second-order valence-corrected chi connectivity index (χ2v) is 6.26. The molecule has 0 amide bonds. The van der Waals surface area contributed by atoms with E-state index in [1.165, 1.54) is 30.4 Å².